The number of benzene rings is 2. The third-order valence-electron chi connectivity index (χ3n) is 5.94. The van der Waals surface area contributed by atoms with Crippen molar-refractivity contribution in [2.45, 2.75) is 26.3 Å². The van der Waals surface area contributed by atoms with Gasteiger partial charge in [-0.1, -0.05) is 43.3 Å². The van der Waals surface area contributed by atoms with Gasteiger partial charge >= 0.3 is 0 Å². The van der Waals surface area contributed by atoms with Crippen LogP contribution in [0, 0.1) is 5.92 Å². The van der Waals surface area contributed by atoms with E-state index in [2.05, 4.69) is 52.4 Å². The van der Waals surface area contributed by atoms with Gasteiger partial charge in [-0.15, -0.1) is 0 Å². The van der Waals surface area contributed by atoms with Gasteiger partial charge in [0.25, 0.3) is 0 Å². The quantitative estimate of drug-likeness (QED) is 0.614. The molecule has 2 heterocycles. The summed E-state index contributed by atoms with van der Waals surface area (Å²) in [5, 5.41) is 4.29. The standard InChI is InChI=1S/C25H31N3O2/c1-3-23-22(21-11-7-8-12-24(21)30-23)17-27(2)18-25(29)26-15-19-13-14-28(16-19)20-9-5-4-6-10-20/h4-12,19H,3,13-18H2,1-2H3,(H,26,29). The Morgan fingerprint density at radius 2 is 1.93 bits per heavy atom. The number of hydrogen-bond donors (Lipinski definition) is 1. The maximum atomic E-state index is 12.5. The second kappa shape index (κ2) is 9.35. The molecular formula is C25H31N3O2. The van der Waals surface area contributed by atoms with Crippen molar-refractivity contribution in [3.63, 3.8) is 0 Å². The van der Waals surface area contributed by atoms with Crippen LogP contribution in [-0.4, -0.2) is 44.0 Å². The van der Waals surface area contributed by atoms with Crippen LogP contribution in [0.4, 0.5) is 5.69 Å². The predicted octanol–water partition coefficient (Wildman–Crippen LogP) is 4.07. The average molecular weight is 406 g/mol. The van der Waals surface area contributed by atoms with Crippen LogP contribution in [0.2, 0.25) is 0 Å². The number of anilines is 1. The lowest BCUT2D eigenvalue weighted by Gasteiger charge is -2.19. The van der Waals surface area contributed by atoms with E-state index >= 15 is 0 Å². The van der Waals surface area contributed by atoms with Crippen molar-refractivity contribution in [2.24, 2.45) is 5.92 Å². The number of para-hydroxylation sites is 2. The molecule has 30 heavy (non-hydrogen) atoms. The van der Waals surface area contributed by atoms with Crippen molar-refractivity contribution in [3.05, 3.63) is 65.9 Å². The normalized spacial score (nSPS) is 16.5. The molecule has 0 saturated carbocycles. The fourth-order valence-corrected chi connectivity index (χ4v) is 4.37. The highest BCUT2D eigenvalue weighted by Gasteiger charge is 2.23. The zero-order chi connectivity index (χ0) is 20.9. The highest BCUT2D eigenvalue weighted by Crippen LogP contribution is 2.27. The van der Waals surface area contributed by atoms with Gasteiger partial charge in [0.05, 0.1) is 6.54 Å². The fourth-order valence-electron chi connectivity index (χ4n) is 4.37. The fraction of sp³-hybridized carbons (Fsp3) is 0.400. The molecule has 0 aliphatic carbocycles. The summed E-state index contributed by atoms with van der Waals surface area (Å²) in [6, 6.07) is 18.6. The van der Waals surface area contributed by atoms with Gasteiger partial charge in [-0.2, -0.15) is 0 Å². The van der Waals surface area contributed by atoms with Gasteiger partial charge in [0.15, 0.2) is 0 Å². The number of likely N-dealkylation sites (N-methyl/N-ethyl adjacent to an activating group) is 1. The maximum absolute atomic E-state index is 12.5. The van der Waals surface area contributed by atoms with Gasteiger partial charge < -0.3 is 14.6 Å². The summed E-state index contributed by atoms with van der Waals surface area (Å²) < 4.78 is 5.98. The molecule has 0 bridgehead atoms. The van der Waals surface area contributed by atoms with E-state index in [9.17, 15) is 4.79 Å². The van der Waals surface area contributed by atoms with Crippen molar-refractivity contribution >= 4 is 22.6 Å². The molecule has 0 spiro atoms. The number of carbonyl (C=O) groups excluding carboxylic acids is 1. The van der Waals surface area contributed by atoms with Gasteiger partial charge in [-0.25, -0.2) is 0 Å². The molecule has 3 aromatic rings. The summed E-state index contributed by atoms with van der Waals surface area (Å²) in [6.07, 6.45) is 1.97. The first-order chi connectivity index (χ1) is 14.6. The maximum Gasteiger partial charge on any atom is 0.234 e. The number of carbonyl (C=O) groups is 1. The molecule has 1 fully saturated rings. The number of hydrogen-bond acceptors (Lipinski definition) is 4. The smallest absolute Gasteiger partial charge is 0.234 e. The number of nitrogens with zero attached hydrogens (tertiary/aromatic N) is 2. The molecule has 1 amide bonds. The third-order valence-corrected chi connectivity index (χ3v) is 5.94. The van der Waals surface area contributed by atoms with Gasteiger partial charge in [0.1, 0.15) is 11.3 Å². The van der Waals surface area contributed by atoms with E-state index in [4.69, 9.17) is 4.42 Å². The zero-order valence-corrected chi connectivity index (χ0v) is 17.9. The van der Waals surface area contributed by atoms with Gasteiger partial charge in [0.2, 0.25) is 5.91 Å². The molecule has 1 unspecified atom stereocenters. The van der Waals surface area contributed by atoms with Crippen LogP contribution in [0.1, 0.15) is 24.7 Å². The molecule has 1 aliphatic heterocycles. The van der Waals surface area contributed by atoms with Crippen molar-refractivity contribution in [3.8, 4) is 0 Å². The minimum Gasteiger partial charge on any atom is -0.461 e. The Morgan fingerprint density at radius 3 is 2.73 bits per heavy atom. The summed E-state index contributed by atoms with van der Waals surface area (Å²) in [5.41, 5.74) is 3.38. The Labute approximate surface area is 178 Å². The lowest BCUT2D eigenvalue weighted by molar-refractivity contribution is -0.122. The molecule has 5 heteroatoms. The Bertz CT molecular complexity index is 982. The molecule has 1 saturated heterocycles. The topological polar surface area (TPSA) is 48.7 Å². The van der Waals surface area contributed by atoms with Crippen LogP contribution < -0.4 is 10.2 Å². The number of aryl methyl sites for hydroxylation is 1. The zero-order valence-electron chi connectivity index (χ0n) is 17.9. The summed E-state index contributed by atoms with van der Waals surface area (Å²) in [5.74, 6) is 1.60. The molecule has 4 rings (SSSR count). The molecule has 0 radical (unpaired) electrons. The van der Waals surface area contributed by atoms with E-state index < -0.39 is 0 Å². The van der Waals surface area contributed by atoms with Crippen molar-refractivity contribution in [2.75, 3.05) is 38.1 Å². The Morgan fingerprint density at radius 1 is 1.17 bits per heavy atom. The first kappa shape index (κ1) is 20.5. The summed E-state index contributed by atoms with van der Waals surface area (Å²) in [7, 11) is 1.99. The van der Waals surface area contributed by atoms with Crippen molar-refractivity contribution in [1.29, 1.82) is 0 Å². The summed E-state index contributed by atoms with van der Waals surface area (Å²) in [6.45, 7) is 5.99. The first-order valence-corrected chi connectivity index (χ1v) is 10.9. The number of fused-ring (bicyclic) bond motifs is 1. The second-order valence-corrected chi connectivity index (χ2v) is 8.27. The Hall–Kier alpha value is -2.79. The van der Waals surface area contributed by atoms with Crippen LogP contribution in [0.3, 0.4) is 0 Å². The number of amides is 1. The van der Waals surface area contributed by atoms with Crippen LogP contribution >= 0.6 is 0 Å². The van der Waals surface area contributed by atoms with Gasteiger partial charge in [-0.3, -0.25) is 9.69 Å². The highest BCUT2D eigenvalue weighted by molar-refractivity contribution is 5.82. The number of furan rings is 1. The van der Waals surface area contributed by atoms with Crippen LogP contribution in [0.25, 0.3) is 11.0 Å². The Kier molecular flexibility index (Phi) is 6.38. The molecule has 1 aliphatic rings. The third kappa shape index (κ3) is 4.68. The first-order valence-electron chi connectivity index (χ1n) is 10.9. The monoisotopic (exact) mass is 405 g/mol. The molecule has 1 N–H and O–H groups in total. The van der Waals surface area contributed by atoms with Crippen LogP contribution in [0.15, 0.2) is 59.0 Å². The predicted molar refractivity (Wildman–Crippen MR) is 122 cm³/mol. The van der Waals surface area contributed by atoms with Crippen molar-refractivity contribution < 1.29 is 9.21 Å². The van der Waals surface area contributed by atoms with E-state index in [0.29, 0.717) is 19.0 Å². The number of nitrogens with one attached hydrogen (secondary N) is 1. The molecule has 158 valence electrons. The molecule has 1 aromatic heterocycles. The van der Waals surface area contributed by atoms with E-state index in [1.807, 2.05) is 31.3 Å². The van der Waals surface area contributed by atoms with Crippen LogP contribution in [-0.2, 0) is 17.8 Å². The lowest BCUT2D eigenvalue weighted by atomic mass is 10.1. The average Bonchev–Trinajstić information content (AvgIpc) is 3.38. The lowest BCUT2D eigenvalue weighted by Crippen LogP contribution is -2.38. The highest BCUT2D eigenvalue weighted by atomic mass is 16.3. The SMILES string of the molecule is CCc1oc2ccccc2c1CN(C)CC(=O)NCC1CCN(c2ccccc2)C1. The minimum atomic E-state index is 0.0847. The van der Waals surface area contributed by atoms with E-state index in [1.54, 1.807) is 0 Å². The summed E-state index contributed by atoms with van der Waals surface area (Å²) in [4.78, 5) is 17.0. The molecule has 2 aromatic carbocycles. The van der Waals surface area contributed by atoms with Crippen molar-refractivity contribution in [1.82, 2.24) is 10.2 Å². The second-order valence-electron chi connectivity index (χ2n) is 8.27. The number of rotatable bonds is 8. The van der Waals surface area contributed by atoms with Crippen LogP contribution in [0.5, 0.6) is 0 Å². The largest absolute Gasteiger partial charge is 0.461 e. The molecule has 5 nitrogen and oxygen atoms in total. The van der Waals surface area contributed by atoms with Gasteiger partial charge in [-0.05, 0) is 37.6 Å². The summed E-state index contributed by atoms with van der Waals surface area (Å²) >= 11 is 0. The molecular weight excluding hydrogens is 374 g/mol. The Balaban J connectivity index is 1.27. The van der Waals surface area contributed by atoms with Gasteiger partial charge in [0, 0.05) is 49.2 Å². The van der Waals surface area contributed by atoms with E-state index in [1.165, 1.54) is 11.3 Å². The van der Waals surface area contributed by atoms with E-state index in [-0.39, 0.29) is 5.91 Å². The molecule has 1 atom stereocenters. The van der Waals surface area contributed by atoms with E-state index in [0.717, 1.165) is 49.2 Å². The minimum absolute atomic E-state index is 0.0847.